The largest absolute Gasteiger partial charge is 0.324 e. The maximum absolute atomic E-state index is 6.28. The van der Waals surface area contributed by atoms with Gasteiger partial charge < -0.3 is 5.73 Å². The summed E-state index contributed by atoms with van der Waals surface area (Å²) in [6, 6.07) is 2.41. The smallest absolute Gasteiger partial charge is 0.0704 e. The molecule has 0 saturated heterocycles. The lowest BCUT2D eigenvalue weighted by atomic mass is 9.92. The van der Waals surface area contributed by atoms with Crippen molar-refractivity contribution in [1.29, 1.82) is 0 Å². The van der Waals surface area contributed by atoms with Crippen LogP contribution in [-0.4, -0.2) is 0 Å². The van der Waals surface area contributed by atoms with E-state index in [0.717, 1.165) is 5.92 Å². The highest BCUT2D eigenvalue weighted by atomic mass is 79.9. The van der Waals surface area contributed by atoms with E-state index in [1.807, 2.05) is 0 Å². The van der Waals surface area contributed by atoms with Crippen LogP contribution in [0.3, 0.4) is 0 Å². The Morgan fingerprint density at radius 2 is 2.21 bits per heavy atom. The molecule has 1 fully saturated rings. The van der Waals surface area contributed by atoms with Gasteiger partial charge in [-0.1, -0.05) is 6.92 Å². The van der Waals surface area contributed by atoms with E-state index in [-0.39, 0.29) is 6.04 Å². The Labute approximate surface area is 97.8 Å². The molecule has 2 N–H and O–H groups in total. The summed E-state index contributed by atoms with van der Waals surface area (Å²) in [6.07, 6.45) is 2.75. The molecule has 1 heterocycles. The molecule has 1 aromatic rings. The van der Waals surface area contributed by atoms with Gasteiger partial charge in [0.2, 0.25) is 0 Å². The minimum atomic E-state index is 0.227. The molecular formula is C11H16BrNS. The molecule has 2 atom stereocenters. The van der Waals surface area contributed by atoms with Crippen LogP contribution in [0.15, 0.2) is 9.85 Å². The van der Waals surface area contributed by atoms with Crippen LogP contribution in [0, 0.1) is 18.8 Å². The number of nitrogens with two attached hydrogens (primary N) is 1. The number of thiophene rings is 1. The zero-order chi connectivity index (χ0) is 10.3. The maximum atomic E-state index is 6.28. The Morgan fingerprint density at radius 1 is 1.57 bits per heavy atom. The molecule has 78 valence electrons. The van der Waals surface area contributed by atoms with Crippen LogP contribution < -0.4 is 5.73 Å². The van der Waals surface area contributed by atoms with Gasteiger partial charge in [0, 0.05) is 10.9 Å². The van der Waals surface area contributed by atoms with Crippen molar-refractivity contribution >= 4 is 27.3 Å². The van der Waals surface area contributed by atoms with Crippen molar-refractivity contribution in [2.45, 2.75) is 32.7 Å². The minimum Gasteiger partial charge on any atom is -0.324 e. The second kappa shape index (κ2) is 3.95. The Bertz CT molecular complexity index is 330. The van der Waals surface area contributed by atoms with E-state index in [2.05, 4.69) is 35.8 Å². The number of hydrogen-bond acceptors (Lipinski definition) is 2. The first-order valence-corrected chi connectivity index (χ1v) is 6.72. The molecule has 2 rings (SSSR count). The molecule has 0 bridgehead atoms. The third kappa shape index (κ3) is 2.05. The Morgan fingerprint density at radius 3 is 2.64 bits per heavy atom. The molecule has 0 spiro atoms. The van der Waals surface area contributed by atoms with Crippen molar-refractivity contribution in [3.63, 3.8) is 0 Å². The highest BCUT2D eigenvalue weighted by Crippen LogP contribution is 2.43. The molecule has 1 aromatic heterocycles. The van der Waals surface area contributed by atoms with E-state index in [4.69, 9.17) is 5.73 Å². The van der Waals surface area contributed by atoms with Gasteiger partial charge in [0.25, 0.3) is 0 Å². The van der Waals surface area contributed by atoms with Gasteiger partial charge in [-0.15, -0.1) is 11.3 Å². The zero-order valence-corrected chi connectivity index (χ0v) is 11.0. The minimum absolute atomic E-state index is 0.227. The zero-order valence-electron chi connectivity index (χ0n) is 8.59. The Kier molecular flexibility index (Phi) is 3.01. The lowest BCUT2D eigenvalue weighted by molar-refractivity contribution is 0.417. The Hall–Kier alpha value is 0.140. The number of aryl methyl sites for hydroxylation is 1. The molecular weight excluding hydrogens is 258 g/mol. The van der Waals surface area contributed by atoms with Crippen LogP contribution >= 0.6 is 27.3 Å². The topological polar surface area (TPSA) is 26.0 Å². The fraction of sp³-hybridized carbons (Fsp3) is 0.636. The van der Waals surface area contributed by atoms with Gasteiger partial charge in [-0.2, -0.15) is 0 Å². The second-order valence-electron chi connectivity index (χ2n) is 4.28. The summed E-state index contributed by atoms with van der Waals surface area (Å²) in [7, 11) is 0. The van der Waals surface area contributed by atoms with Crippen LogP contribution in [0.2, 0.25) is 0 Å². The summed E-state index contributed by atoms with van der Waals surface area (Å²) in [5.41, 5.74) is 7.61. The van der Waals surface area contributed by atoms with Crippen molar-refractivity contribution < 1.29 is 0 Å². The second-order valence-corrected chi connectivity index (χ2v) is 6.92. The molecule has 0 aromatic carbocycles. The summed E-state index contributed by atoms with van der Waals surface area (Å²) >= 11 is 5.30. The first-order valence-electron chi connectivity index (χ1n) is 5.11. The summed E-state index contributed by atoms with van der Waals surface area (Å²) < 4.78 is 1.20. The third-order valence-electron chi connectivity index (χ3n) is 3.22. The lowest BCUT2D eigenvalue weighted by Gasteiger charge is -2.19. The van der Waals surface area contributed by atoms with E-state index in [1.54, 1.807) is 11.3 Å². The van der Waals surface area contributed by atoms with E-state index in [0.29, 0.717) is 5.92 Å². The summed E-state index contributed by atoms with van der Waals surface area (Å²) in [4.78, 5) is 1.36. The maximum Gasteiger partial charge on any atom is 0.0704 e. The van der Waals surface area contributed by atoms with Gasteiger partial charge in [-0.05, 0) is 59.2 Å². The molecule has 3 heteroatoms. The van der Waals surface area contributed by atoms with Gasteiger partial charge >= 0.3 is 0 Å². The summed E-state index contributed by atoms with van der Waals surface area (Å²) in [5.74, 6) is 1.51. The van der Waals surface area contributed by atoms with E-state index < -0.39 is 0 Å². The molecule has 1 saturated carbocycles. The van der Waals surface area contributed by atoms with Crippen molar-refractivity contribution in [1.82, 2.24) is 0 Å². The summed E-state index contributed by atoms with van der Waals surface area (Å²) in [5, 5.41) is 0. The van der Waals surface area contributed by atoms with E-state index in [9.17, 15) is 0 Å². The molecule has 14 heavy (non-hydrogen) atoms. The van der Waals surface area contributed by atoms with Gasteiger partial charge in [0.15, 0.2) is 0 Å². The fourth-order valence-electron chi connectivity index (χ4n) is 1.99. The predicted molar refractivity (Wildman–Crippen MR) is 65.6 cm³/mol. The van der Waals surface area contributed by atoms with Crippen molar-refractivity contribution in [2.75, 3.05) is 0 Å². The molecule has 0 radical (unpaired) electrons. The van der Waals surface area contributed by atoms with Crippen LogP contribution in [0.4, 0.5) is 0 Å². The summed E-state index contributed by atoms with van der Waals surface area (Å²) in [6.45, 7) is 4.44. The lowest BCUT2D eigenvalue weighted by Crippen LogP contribution is -2.20. The average molecular weight is 274 g/mol. The quantitative estimate of drug-likeness (QED) is 0.889. The third-order valence-corrected chi connectivity index (χ3v) is 4.79. The molecule has 0 amide bonds. The number of halogens is 1. The van der Waals surface area contributed by atoms with E-state index in [1.165, 1.54) is 27.1 Å². The van der Waals surface area contributed by atoms with Gasteiger partial charge in [0.05, 0.1) is 3.79 Å². The predicted octanol–water partition coefficient (Wildman–Crippen LogP) is 3.86. The van der Waals surface area contributed by atoms with Crippen LogP contribution in [-0.2, 0) is 0 Å². The molecule has 2 unspecified atom stereocenters. The van der Waals surface area contributed by atoms with Gasteiger partial charge in [-0.3, -0.25) is 0 Å². The first kappa shape index (κ1) is 10.7. The number of hydrogen-bond donors (Lipinski definition) is 1. The SMILES string of the molecule is Cc1sc(Br)cc1C(N)C(C)C1CC1. The van der Waals surface area contributed by atoms with Gasteiger partial charge in [-0.25, -0.2) is 0 Å². The average Bonchev–Trinajstić information content (AvgIpc) is 2.90. The van der Waals surface area contributed by atoms with Crippen LogP contribution in [0.1, 0.15) is 36.2 Å². The fourth-order valence-corrected chi connectivity index (χ4v) is 3.75. The normalized spacial score (nSPS) is 20.9. The van der Waals surface area contributed by atoms with E-state index >= 15 is 0 Å². The molecule has 1 aliphatic carbocycles. The van der Waals surface area contributed by atoms with Gasteiger partial charge in [0.1, 0.15) is 0 Å². The molecule has 1 nitrogen and oxygen atoms in total. The van der Waals surface area contributed by atoms with Crippen LogP contribution in [0.25, 0.3) is 0 Å². The number of rotatable bonds is 3. The van der Waals surface area contributed by atoms with Crippen molar-refractivity contribution in [2.24, 2.45) is 17.6 Å². The standard InChI is InChI=1S/C11H16BrNS/c1-6(8-3-4-8)11(13)9-5-10(12)14-7(9)2/h5-6,8,11H,3-4,13H2,1-2H3. The highest BCUT2D eigenvalue weighted by molar-refractivity contribution is 9.11. The van der Waals surface area contributed by atoms with Crippen LogP contribution in [0.5, 0.6) is 0 Å². The monoisotopic (exact) mass is 273 g/mol. The highest BCUT2D eigenvalue weighted by Gasteiger charge is 2.33. The Balaban J connectivity index is 2.16. The molecule has 0 aliphatic heterocycles. The molecule has 1 aliphatic rings. The van der Waals surface area contributed by atoms with Crippen molar-refractivity contribution in [3.8, 4) is 0 Å². The first-order chi connectivity index (χ1) is 6.59. The van der Waals surface area contributed by atoms with Crippen molar-refractivity contribution in [3.05, 3.63) is 20.3 Å².